The molecule has 102 valence electrons. The van der Waals surface area contributed by atoms with E-state index in [0.29, 0.717) is 16.6 Å². The second-order valence-corrected chi connectivity index (χ2v) is 6.21. The Morgan fingerprint density at radius 2 is 2.17 bits per heavy atom. The highest BCUT2D eigenvalue weighted by atomic mass is 32.2. The van der Waals surface area contributed by atoms with Crippen molar-refractivity contribution in [1.82, 2.24) is 14.5 Å². The smallest absolute Gasteiger partial charge is 0.263 e. The van der Waals surface area contributed by atoms with Gasteiger partial charge in [-0.25, -0.2) is 17.2 Å². The van der Waals surface area contributed by atoms with E-state index in [2.05, 4.69) is 10.2 Å². The quantitative estimate of drug-likeness (QED) is 0.825. The summed E-state index contributed by atoms with van der Waals surface area (Å²) in [5.74, 6) is -2.85. The van der Waals surface area contributed by atoms with Crippen molar-refractivity contribution in [3.63, 3.8) is 0 Å². The minimum atomic E-state index is -3.74. The van der Waals surface area contributed by atoms with Crippen LogP contribution in [0.3, 0.4) is 0 Å². The first-order valence-corrected chi connectivity index (χ1v) is 7.25. The maximum Gasteiger partial charge on any atom is 0.263 e. The van der Waals surface area contributed by atoms with E-state index in [4.69, 9.17) is 4.42 Å². The largest absolute Gasteiger partial charge is 0.424 e. The summed E-state index contributed by atoms with van der Waals surface area (Å²) in [6.07, 6.45) is 0.721. The highest BCUT2D eigenvalue weighted by molar-refractivity contribution is 7.88. The lowest BCUT2D eigenvalue weighted by molar-refractivity contribution is 0.0167. The van der Waals surface area contributed by atoms with Crippen LogP contribution in [-0.2, 0) is 16.4 Å². The molecule has 0 bridgehead atoms. The van der Waals surface area contributed by atoms with Crippen molar-refractivity contribution in [2.45, 2.75) is 31.7 Å². The number of hydrogen-bond acceptors (Lipinski definition) is 5. The van der Waals surface area contributed by atoms with Crippen molar-refractivity contribution in [1.29, 1.82) is 0 Å². The van der Waals surface area contributed by atoms with Gasteiger partial charge in [0.25, 0.3) is 5.92 Å². The van der Waals surface area contributed by atoms with Gasteiger partial charge in [0.05, 0.1) is 12.8 Å². The molecule has 1 fully saturated rings. The number of aromatic nitrogens is 2. The van der Waals surface area contributed by atoms with E-state index in [1.165, 1.54) is 0 Å². The molecule has 0 radical (unpaired) electrons. The lowest BCUT2D eigenvalue weighted by atomic mass is 10.2. The van der Waals surface area contributed by atoms with Crippen LogP contribution < -0.4 is 0 Å². The van der Waals surface area contributed by atoms with Crippen molar-refractivity contribution in [3.8, 4) is 0 Å². The first-order valence-electron chi connectivity index (χ1n) is 5.40. The summed E-state index contributed by atoms with van der Waals surface area (Å²) in [6, 6.07) is -1.08. The predicted molar refractivity (Wildman–Crippen MR) is 57.5 cm³/mol. The van der Waals surface area contributed by atoms with Gasteiger partial charge in [-0.15, -0.1) is 10.2 Å². The summed E-state index contributed by atoms with van der Waals surface area (Å²) in [5, 5.41) is 7.30. The molecule has 2 rings (SSSR count). The summed E-state index contributed by atoms with van der Waals surface area (Å²) in [6.45, 7) is 0.926. The van der Waals surface area contributed by atoms with Crippen LogP contribution in [0.25, 0.3) is 0 Å². The summed E-state index contributed by atoms with van der Waals surface area (Å²) in [7, 11) is -3.74. The Morgan fingerprint density at radius 1 is 1.50 bits per heavy atom. The van der Waals surface area contributed by atoms with E-state index in [1.54, 1.807) is 6.92 Å². The first-order chi connectivity index (χ1) is 8.23. The van der Waals surface area contributed by atoms with Crippen molar-refractivity contribution in [3.05, 3.63) is 11.8 Å². The number of alkyl halides is 2. The van der Waals surface area contributed by atoms with Crippen LogP contribution in [-0.4, -0.2) is 41.6 Å². The molecule has 2 heterocycles. The van der Waals surface area contributed by atoms with Gasteiger partial charge < -0.3 is 4.42 Å². The van der Waals surface area contributed by atoms with E-state index in [1.807, 2.05) is 0 Å². The third-order valence-corrected chi connectivity index (χ3v) is 3.96. The molecular formula is C9H13F2N3O3S. The molecule has 18 heavy (non-hydrogen) atoms. The van der Waals surface area contributed by atoms with E-state index in [9.17, 15) is 17.2 Å². The SMILES string of the molecule is CCc1nnc([C@@H]2CC(F)(F)CN2S(C)(=O)=O)o1. The van der Waals surface area contributed by atoms with Gasteiger partial charge in [-0.3, -0.25) is 0 Å². The van der Waals surface area contributed by atoms with Gasteiger partial charge in [-0.05, 0) is 0 Å². The average molecular weight is 281 g/mol. The van der Waals surface area contributed by atoms with Crippen LogP contribution in [0.1, 0.15) is 31.2 Å². The molecule has 1 aromatic heterocycles. The van der Waals surface area contributed by atoms with E-state index >= 15 is 0 Å². The number of aryl methyl sites for hydroxylation is 1. The van der Waals surface area contributed by atoms with Gasteiger partial charge in [0, 0.05) is 12.8 Å². The van der Waals surface area contributed by atoms with Gasteiger partial charge in [0.2, 0.25) is 21.8 Å². The summed E-state index contributed by atoms with van der Waals surface area (Å²) in [4.78, 5) is 0. The maximum atomic E-state index is 13.4. The summed E-state index contributed by atoms with van der Waals surface area (Å²) in [5.41, 5.74) is 0. The van der Waals surface area contributed by atoms with E-state index in [0.717, 1.165) is 6.26 Å². The fourth-order valence-corrected chi connectivity index (χ4v) is 2.94. The highest BCUT2D eigenvalue weighted by Gasteiger charge is 2.51. The Kier molecular flexibility index (Phi) is 3.14. The highest BCUT2D eigenvalue weighted by Crippen LogP contribution is 2.41. The van der Waals surface area contributed by atoms with Gasteiger partial charge >= 0.3 is 0 Å². The zero-order valence-corrected chi connectivity index (χ0v) is 10.7. The Balaban J connectivity index is 2.35. The Bertz CT molecular complexity index is 543. The van der Waals surface area contributed by atoms with Crippen LogP contribution in [0.15, 0.2) is 4.42 Å². The molecule has 1 saturated heterocycles. The summed E-state index contributed by atoms with van der Waals surface area (Å²) >= 11 is 0. The molecular weight excluding hydrogens is 268 g/mol. The molecule has 1 aromatic rings. The molecule has 0 amide bonds. The van der Waals surface area contributed by atoms with Crippen molar-refractivity contribution in [2.75, 3.05) is 12.8 Å². The molecule has 0 aromatic carbocycles. The van der Waals surface area contributed by atoms with Gasteiger partial charge in [-0.2, -0.15) is 4.31 Å². The molecule has 1 aliphatic heterocycles. The molecule has 0 aliphatic carbocycles. The molecule has 0 N–H and O–H groups in total. The van der Waals surface area contributed by atoms with Gasteiger partial charge in [0.1, 0.15) is 6.04 Å². The lowest BCUT2D eigenvalue weighted by Gasteiger charge is -2.17. The Labute approximate surface area is 103 Å². The minimum Gasteiger partial charge on any atom is -0.424 e. The molecule has 0 spiro atoms. The zero-order valence-electron chi connectivity index (χ0n) is 9.93. The van der Waals surface area contributed by atoms with Crippen LogP contribution in [0, 0.1) is 0 Å². The molecule has 0 saturated carbocycles. The third-order valence-electron chi connectivity index (χ3n) is 2.72. The van der Waals surface area contributed by atoms with Crippen LogP contribution in [0.2, 0.25) is 0 Å². The standard InChI is InChI=1S/C9H13F2N3O3S/c1-3-7-12-13-8(17-7)6-4-9(10,11)5-14(6)18(2,15)16/h6H,3-5H2,1-2H3/t6-/m0/s1. The van der Waals surface area contributed by atoms with Gasteiger partial charge in [-0.1, -0.05) is 6.92 Å². The van der Waals surface area contributed by atoms with Crippen LogP contribution in [0.4, 0.5) is 8.78 Å². The Hall–Kier alpha value is -1.09. The fraction of sp³-hybridized carbons (Fsp3) is 0.778. The lowest BCUT2D eigenvalue weighted by Crippen LogP contribution is -2.32. The minimum absolute atomic E-state index is 0.0746. The third kappa shape index (κ3) is 2.51. The number of rotatable bonds is 3. The number of hydrogen-bond donors (Lipinski definition) is 0. The van der Waals surface area contributed by atoms with E-state index in [-0.39, 0.29) is 5.89 Å². The van der Waals surface area contributed by atoms with E-state index < -0.39 is 35.0 Å². The average Bonchev–Trinajstić information content (AvgIpc) is 2.80. The van der Waals surface area contributed by atoms with Crippen LogP contribution in [0.5, 0.6) is 0 Å². The second-order valence-electron chi connectivity index (χ2n) is 4.27. The number of halogens is 2. The molecule has 9 heteroatoms. The molecule has 1 atom stereocenters. The second kappa shape index (κ2) is 4.23. The normalized spacial score (nSPS) is 24.6. The van der Waals surface area contributed by atoms with Crippen molar-refractivity contribution >= 4 is 10.0 Å². The summed E-state index contributed by atoms with van der Waals surface area (Å²) < 4.78 is 55.6. The Morgan fingerprint density at radius 3 is 2.67 bits per heavy atom. The van der Waals surface area contributed by atoms with Gasteiger partial charge in [0.15, 0.2) is 0 Å². The maximum absolute atomic E-state index is 13.4. The van der Waals surface area contributed by atoms with Crippen molar-refractivity contribution < 1.29 is 21.6 Å². The fourth-order valence-electron chi connectivity index (χ4n) is 1.89. The topological polar surface area (TPSA) is 76.3 Å². The molecule has 1 aliphatic rings. The zero-order chi connectivity index (χ0) is 13.6. The number of nitrogens with zero attached hydrogens (tertiary/aromatic N) is 3. The monoisotopic (exact) mass is 281 g/mol. The van der Waals surface area contributed by atoms with Crippen LogP contribution >= 0.6 is 0 Å². The first kappa shape index (κ1) is 13.3. The molecule has 0 unspecified atom stereocenters. The molecule has 6 nitrogen and oxygen atoms in total. The predicted octanol–water partition coefficient (Wildman–Crippen LogP) is 0.974. The van der Waals surface area contributed by atoms with Crippen molar-refractivity contribution in [2.24, 2.45) is 0 Å². The number of sulfonamides is 1.